The molecule has 0 aliphatic carbocycles. The highest BCUT2D eigenvalue weighted by Crippen LogP contribution is 2.30. The molecule has 2 rings (SSSR count). The predicted molar refractivity (Wildman–Crippen MR) is 87.3 cm³/mol. The first-order valence-corrected chi connectivity index (χ1v) is 7.99. The van der Waals surface area contributed by atoms with Crippen LogP contribution in [0.25, 0.3) is 0 Å². The molecule has 0 N–H and O–H groups in total. The molecule has 0 unspecified atom stereocenters. The summed E-state index contributed by atoms with van der Waals surface area (Å²) < 4.78 is 1.14. The summed E-state index contributed by atoms with van der Waals surface area (Å²) in [5.41, 5.74) is 0.312. The zero-order valence-corrected chi connectivity index (χ0v) is 14.1. The second-order valence-corrected chi connectivity index (χ2v) is 5.86. The fourth-order valence-electron chi connectivity index (χ4n) is 1.45. The standard InChI is InChI=1S/C12H9Cl3N4OS/c1-6-11(20)19(12(21-2)18-17-6)16-5-7-8(13)3-4-9(14)10(7)15/h3-5H,1-2H3/b16-5-. The lowest BCUT2D eigenvalue weighted by atomic mass is 10.2. The molecule has 2 aromatic rings. The van der Waals surface area contributed by atoms with Crippen molar-refractivity contribution in [3.05, 3.63) is 48.8 Å². The summed E-state index contributed by atoms with van der Waals surface area (Å²) >= 11 is 19.3. The van der Waals surface area contributed by atoms with Gasteiger partial charge < -0.3 is 0 Å². The Kier molecular flexibility index (Phi) is 5.27. The lowest BCUT2D eigenvalue weighted by molar-refractivity contribution is 0.635. The highest BCUT2D eigenvalue weighted by Gasteiger charge is 2.10. The van der Waals surface area contributed by atoms with Crippen molar-refractivity contribution in [1.82, 2.24) is 14.9 Å². The summed E-state index contributed by atoms with van der Waals surface area (Å²) in [6, 6.07) is 3.19. The van der Waals surface area contributed by atoms with Crippen molar-refractivity contribution < 1.29 is 0 Å². The van der Waals surface area contributed by atoms with Crippen LogP contribution in [-0.4, -0.2) is 27.3 Å². The Morgan fingerprint density at radius 2 is 1.90 bits per heavy atom. The van der Waals surface area contributed by atoms with Gasteiger partial charge in [-0.1, -0.05) is 46.6 Å². The number of aromatic nitrogens is 3. The Hall–Kier alpha value is -1.08. The number of hydrogen-bond acceptors (Lipinski definition) is 5. The first-order chi connectivity index (χ1) is 9.95. The van der Waals surface area contributed by atoms with Crippen molar-refractivity contribution in [2.75, 3.05) is 6.26 Å². The SMILES string of the molecule is CSc1nnc(C)c(=O)n1/N=C\c1c(Cl)ccc(Cl)c1Cl. The minimum absolute atomic E-state index is 0.244. The lowest BCUT2D eigenvalue weighted by Gasteiger charge is -2.05. The molecule has 9 heteroatoms. The summed E-state index contributed by atoms with van der Waals surface area (Å²) in [5, 5.41) is 13.1. The van der Waals surface area contributed by atoms with Crippen molar-refractivity contribution in [3.8, 4) is 0 Å². The molecule has 1 heterocycles. The van der Waals surface area contributed by atoms with Crippen molar-refractivity contribution in [3.63, 3.8) is 0 Å². The minimum Gasteiger partial charge on any atom is -0.265 e. The van der Waals surface area contributed by atoms with Crippen molar-refractivity contribution in [2.45, 2.75) is 12.1 Å². The Labute approximate surface area is 139 Å². The second kappa shape index (κ2) is 6.79. The zero-order valence-electron chi connectivity index (χ0n) is 11.0. The number of aryl methyl sites for hydroxylation is 1. The average Bonchev–Trinajstić information content (AvgIpc) is 2.47. The third-order valence-electron chi connectivity index (χ3n) is 2.53. The molecule has 1 aromatic heterocycles. The van der Waals surface area contributed by atoms with E-state index in [9.17, 15) is 4.79 Å². The van der Waals surface area contributed by atoms with Crippen LogP contribution in [0.2, 0.25) is 15.1 Å². The normalized spacial score (nSPS) is 11.3. The number of nitrogens with zero attached hydrogens (tertiary/aromatic N) is 4. The summed E-state index contributed by atoms with van der Waals surface area (Å²) in [6.07, 6.45) is 3.14. The molecular formula is C12H9Cl3N4OS. The number of thioether (sulfide) groups is 1. The van der Waals surface area contributed by atoms with E-state index in [-0.39, 0.29) is 16.3 Å². The molecule has 0 atom stereocenters. The maximum atomic E-state index is 12.0. The number of hydrogen-bond donors (Lipinski definition) is 0. The molecule has 0 aliphatic rings. The van der Waals surface area contributed by atoms with Gasteiger partial charge >= 0.3 is 0 Å². The maximum Gasteiger partial charge on any atom is 0.296 e. The molecule has 0 amide bonds. The molecule has 1 aromatic carbocycles. The Morgan fingerprint density at radius 1 is 1.24 bits per heavy atom. The van der Waals surface area contributed by atoms with Gasteiger partial charge in [0, 0.05) is 5.56 Å². The highest BCUT2D eigenvalue weighted by molar-refractivity contribution is 7.98. The van der Waals surface area contributed by atoms with Gasteiger partial charge in [0.1, 0.15) is 5.69 Å². The van der Waals surface area contributed by atoms with Crippen molar-refractivity contribution >= 4 is 52.8 Å². The van der Waals surface area contributed by atoms with Crippen LogP contribution in [0.5, 0.6) is 0 Å². The lowest BCUT2D eigenvalue weighted by Crippen LogP contribution is -2.23. The van der Waals surface area contributed by atoms with Gasteiger partial charge in [0.2, 0.25) is 5.16 Å². The Balaban J connectivity index is 2.55. The summed E-state index contributed by atoms with van der Waals surface area (Å²) in [4.78, 5) is 12.0. The van der Waals surface area contributed by atoms with E-state index in [4.69, 9.17) is 34.8 Å². The molecule has 0 saturated carbocycles. The van der Waals surface area contributed by atoms with E-state index in [2.05, 4.69) is 15.3 Å². The smallest absolute Gasteiger partial charge is 0.265 e. The second-order valence-electron chi connectivity index (χ2n) is 3.89. The van der Waals surface area contributed by atoms with E-state index in [1.54, 1.807) is 25.3 Å². The van der Waals surface area contributed by atoms with Crippen LogP contribution in [0.3, 0.4) is 0 Å². The van der Waals surface area contributed by atoms with Gasteiger partial charge in [0.15, 0.2) is 0 Å². The van der Waals surface area contributed by atoms with Gasteiger partial charge in [-0.15, -0.1) is 10.2 Å². The average molecular weight is 364 g/mol. The topological polar surface area (TPSA) is 60.1 Å². The molecule has 0 radical (unpaired) electrons. The van der Waals surface area contributed by atoms with Crippen LogP contribution in [0.4, 0.5) is 0 Å². The first-order valence-electron chi connectivity index (χ1n) is 5.64. The number of rotatable bonds is 3. The molecular weight excluding hydrogens is 355 g/mol. The fraction of sp³-hybridized carbons (Fsp3) is 0.167. The van der Waals surface area contributed by atoms with E-state index in [0.717, 1.165) is 4.68 Å². The summed E-state index contributed by atoms with van der Waals surface area (Å²) in [6.45, 7) is 1.56. The summed E-state index contributed by atoms with van der Waals surface area (Å²) in [7, 11) is 0. The molecule has 21 heavy (non-hydrogen) atoms. The Bertz CT molecular complexity index is 776. The molecule has 0 aliphatic heterocycles. The van der Waals surface area contributed by atoms with E-state index in [1.165, 1.54) is 18.0 Å². The molecule has 0 bridgehead atoms. The number of benzene rings is 1. The monoisotopic (exact) mass is 362 g/mol. The fourth-order valence-corrected chi connectivity index (χ4v) is 2.51. The minimum atomic E-state index is -0.361. The quantitative estimate of drug-likeness (QED) is 0.475. The third-order valence-corrected chi connectivity index (χ3v) is 4.30. The van der Waals surface area contributed by atoms with E-state index in [1.807, 2.05) is 0 Å². The molecule has 5 nitrogen and oxygen atoms in total. The highest BCUT2D eigenvalue weighted by atomic mass is 35.5. The van der Waals surface area contributed by atoms with Crippen LogP contribution in [0.15, 0.2) is 27.2 Å². The van der Waals surface area contributed by atoms with Crippen LogP contribution >= 0.6 is 46.6 Å². The molecule has 0 fully saturated rings. The largest absolute Gasteiger partial charge is 0.296 e. The van der Waals surface area contributed by atoms with Crippen molar-refractivity contribution in [1.29, 1.82) is 0 Å². The van der Waals surface area contributed by atoms with Crippen molar-refractivity contribution in [2.24, 2.45) is 5.10 Å². The van der Waals surface area contributed by atoms with Gasteiger partial charge in [-0.05, 0) is 25.3 Å². The maximum absolute atomic E-state index is 12.0. The van der Waals surface area contributed by atoms with Gasteiger partial charge in [-0.3, -0.25) is 4.79 Å². The summed E-state index contributed by atoms with van der Waals surface area (Å²) in [5.74, 6) is 0. The Morgan fingerprint density at radius 3 is 2.57 bits per heavy atom. The first kappa shape index (κ1) is 16.3. The van der Waals surface area contributed by atoms with E-state index in [0.29, 0.717) is 20.8 Å². The van der Waals surface area contributed by atoms with Gasteiger partial charge in [-0.2, -0.15) is 9.78 Å². The zero-order chi connectivity index (χ0) is 15.6. The van der Waals surface area contributed by atoms with Gasteiger partial charge in [0.25, 0.3) is 5.56 Å². The van der Waals surface area contributed by atoms with Crippen LogP contribution in [-0.2, 0) is 0 Å². The number of halogens is 3. The van der Waals surface area contributed by atoms with Crippen LogP contribution in [0, 0.1) is 6.92 Å². The van der Waals surface area contributed by atoms with Gasteiger partial charge in [0.05, 0.1) is 21.3 Å². The third kappa shape index (κ3) is 3.40. The van der Waals surface area contributed by atoms with Crippen LogP contribution in [0.1, 0.15) is 11.3 Å². The van der Waals surface area contributed by atoms with E-state index < -0.39 is 0 Å². The van der Waals surface area contributed by atoms with Crippen LogP contribution < -0.4 is 5.56 Å². The van der Waals surface area contributed by atoms with Gasteiger partial charge in [-0.25, -0.2) is 0 Å². The predicted octanol–water partition coefficient (Wildman–Crippen LogP) is 3.51. The van der Waals surface area contributed by atoms with E-state index >= 15 is 0 Å². The molecule has 0 saturated heterocycles. The molecule has 110 valence electrons. The molecule has 0 spiro atoms.